The third-order valence-corrected chi connectivity index (χ3v) is 3.93. The molecule has 0 heterocycles. The largest absolute Gasteiger partial charge is 0.468 e. The van der Waals surface area contributed by atoms with Crippen molar-refractivity contribution in [3.05, 3.63) is 35.4 Å². The maximum atomic E-state index is 12.2. The molecule has 0 spiro atoms. The van der Waals surface area contributed by atoms with Crippen LogP contribution >= 0.6 is 0 Å². The number of ether oxygens (including phenoxy) is 2. The lowest BCUT2D eigenvalue weighted by Crippen LogP contribution is -2.56. The number of hydrogen-bond acceptors (Lipinski definition) is 7. The second-order valence-electron chi connectivity index (χ2n) is 5.28. The van der Waals surface area contributed by atoms with Crippen LogP contribution in [-0.2, 0) is 20.8 Å². The number of carbonyl (C=O) groups excluding carboxylic acids is 2. The molecule has 7 nitrogen and oxygen atoms in total. The van der Waals surface area contributed by atoms with Gasteiger partial charge in [0, 0.05) is 6.54 Å². The molecule has 0 fully saturated rings. The summed E-state index contributed by atoms with van der Waals surface area (Å²) in [5.74, 6) is -2.26. The molecule has 1 rings (SSSR count). The fraction of sp³-hybridized carbons (Fsp3) is 0.444. The molecule has 1 N–H and O–H groups in total. The summed E-state index contributed by atoms with van der Waals surface area (Å²) in [6, 6.07) is 10.4. The lowest BCUT2D eigenvalue weighted by Gasteiger charge is -2.31. The van der Waals surface area contributed by atoms with Crippen LogP contribution < -0.4 is 5.32 Å². The van der Waals surface area contributed by atoms with E-state index in [-0.39, 0.29) is 13.0 Å². The normalized spacial score (nSPS) is 12.6. The van der Waals surface area contributed by atoms with Gasteiger partial charge in [-0.05, 0) is 31.0 Å². The second-order valence-corrected chi connectivity index (χ2v) is 5.28. The summed E-state index contributed by atoms with van der Waals surface area (Å²) in [5, 5.41) is 21.4. The van der Waals surface area contributed by atoms with Gasteiger partial charge < -0.3 is 9.47 Å². The van der Waals surface area contributed by atoms with Gasteiger partial charge in [-0.25, -0.2) is 9.59 Å². The second kappa shape index (κ2) is 9.41. The van der Waals surface area contributed by atoms with Crippen molar-refractivity contribution in [3.8, 4) is 12.1 Å². The maximum absolute atomic E-state index is 12.2. The number of nitrogens with one attached hydrogen (secondary N) is 1. The van der Waals surface area contributed by atoms with E-state index in [1.807, 2.05) is 12.1 Å². The highest BCUT2D eigenvalue weighted by Crippen LogP contribution is 2.24. The number of nitrogens with zero attached hydrogens (tertiary/aromatic N) is 2. The lowest BCUT2D eigenvalue weighted by molar-refractivity contribution is -0.150. The Morgan fingerprint density at radius 1 is 1.20 bits per heavy atom. The van der Waals surface area contributed by atoms with Gasteiger partial charge >= 0.3 is 11.9 Å². The average molecular weight is 343 g/mol. The van der Waals surface area contributed by atoms with E-state index in [0.717, 1.165) is 5.56 Å². The summed E-state index contributed by atoms with van der Waals surface area (Å²) in [5.41, 5.74) is -0.213. The van der Waals surface area contributed by atoms with Gasteiger partial charge in [-0.1, -0.05) is 19.1 Å². The van der Waals surface area contributed by atoms with Crippen LogP contribution in [0.5, 0.6) is 0 Å². The summed E-state index contributed by atoms with van der Waals surface area (Å²) >= 11 is 0. The molecule has 0 bridgehead atoms. The maximum Gasteiger partial charge on any atom is 0.338 e. The molecule has 0 aromatic heterocycles. The SMILES string of the molecule is CCOC(=O)c1ccc(CNC(CC)(C(=O)OC)C(C#N)C#N)cc1. The van der Waals surface area contributed by atoms with Crippen molar-refractivity contribution in [3.63, 3.8) is 0 Å². The summed E-state index contributed by atoms with van der Waals surface area (Å²) in [6.45, 7) is 3.96. The zero-order valence-corrected chi connectivity index (χ0v) is 14.5. The number of benzene rings is 1. The Hall–Kier alpha value is -2.90. The third kappa shape index (κ3) is 4.56. The molecule has 0 saturated heterocycles. The van der Waals surface area contributed by atoms with Crippen molar-refractivity contribution in [1.29, 1.82) is 10.5 Å². The van der Waals surface area contributed by atoms with Gasteiger partial charge in [0.2, 0.25) is 0 Å². The number of carbonyl (C=O) groups is 2. The molecule has 132 valence electrons. The van der Waals surface area contributed by atoms with E-state index < -0.39 is 23.4 Å². The average Bonchev–Trinajstić information content (AvgIpc) is 2.65. The first-order valence-electron chi connectivity index (χ1n) is 7.87. The highest BCUT2D eigenvalue weighted by atomic mass is 16.5. The summed E-state index contributed by atoms with van der Waals surface area (Å²) < 4.78 is 9.71. The fourth-order valence-corrected chi connectivity index (χ4v) is 2.43. The number of esters is 2. The minimum absolute atomic E-state index is 0.215. The first-order valence-corrected chi connectivity index (χ1v) is 7.87. The van der Waals surface area contributed by atoms with Crippen LogP contribution in [0.3, 0.4) is 0 Å². The van der Waals surface area contributed by atoms with Crippen LogP contribution in [0.1, 0.15) is 36.2 Å². The predicted molar refractivity (Wildman–Crippen MR) is 89.0 cm³/mol. The van der Waals surface area contributed by atoms with Gasteiger partial charge in [-0.2, -0.15) is 10.5 Å². The Kier molecular flexibility index (Phi) is 7.58. The molecule has 0 radical (unpaired) electrons. The molecule has 1 atom stereocenters. The minimum atomic E-state index is -1.42. The third-order valence-electron chi connectivity index (χ3n) is 3.93. The number of hydrogen-bond donors (Lipinski definition) is 1. The van der Waals surface area contributed by atoms with Crippen LogP contribution in [0.4, 0.5) is 0 Å². The van der Waals surface area contributed by atoms with Crippen LogP contribution in [0.15, 0.2) is 24.3 Å². The van der Waals surface area contributed by atoms with Crippen molar-refractivity contribution >= 4 is 11.9 Å². The summed E-state index contributed by atoms with van der Waals surface area (Å²) in [7, 11) is 1.22. The van der Waals surface area contributed by atoms with E-state index in [1.54, 1.807) is 38.1 Å². The Balaban J connectivity index is 2.97. The highest BCUT2D eigenvalue weighted by molar-refractivity contribution is 5.89. The minimum Gasteiger partial charge on any atom is -0.468 e. The molecule has 0 saturated carbocycles. The molecule has 0 amide bonds. The predicted octanol–water partition coefficient (Wildman–Crippen LogP) is 1.94. The van der Waals surface area contributed by atoms with Crippen LogP contribution in [-0.4, -0.2) is 31.2 Å². The van der Waals surface area contributed by atoms with Crippen LogP contribution in [0, 0.1) is 28.6 Å². The molecule has 7 heteroatoms. The quantitative estimate of drug-likeness (QED) is 0.718. The molecule has 0 aliphatic rings. The van der Waals surface area contributed by atoms with Gasteiger partial charge in [0.25, 0.3) is 0 Å². The van der Waals surface area contributed by atoms with E-state index in [2.05, 4.69) is 5.32 Å². The first kappa shape index (κ1) is 20.1. The zero-order chi connectivity index (χ0) is 18.9. The van der Waals surface area contributed by atoms with Crippen molar-refractivity contribution in [2.24, 2.45) is 5.92 Å². The summed E-state index contributed by atoms with van der Waals surface area (Å²) in [6.07, 6.45) is 0.215. The lowest BCUT2D eigenvalue weighted by atomic mass is 9.82. The Morgan fingerprint density at radius 3 is 2.24 bits per heavy atom. The monoisotopic (exact) mass is 343 g/mol. The number of methoxy groups -OCH3 is 1. The van der Waals surface area contributed by atoms with Gasteiger partial charge in [0.1, 0.15) is 5.54 Å². The number of rotatable bonds is 8. The number of nitriles is 2. The van der Waals surface area contributed by atoms with Crippen LogP contribution in [0.2, 0.25) is 0 Å². The zero-order valence-electron chi connectivity index (χ0n) is 14.5. The van der Waals surface area contributed by atoms with E-state index in [1.165, 1.54) is 7.11 Å². The van der Waals surface area contributed by atoms with E-state index in [0.29, 0.717) is 12.2 Å². The molecule has 0 aliphatic carbocycles. The Labute approximate surface area is 147 Å². The Morgan fingerprint density at radius 2 is 1.80 bits per heavy atom. The molecule has 1 aromatic carbocycles. The standard InChI is InChI=1S/C18H21N3O4/c1-4-18(17(23)24-3,15(10-19)11-20)21-12-13-6-8-14(9-7-13)16(22)25-5-2/h6-9,15,21H,4-5,12H2,1-3H3. The van der Waals surface area contributed by atoms with Gasteiger partial charge in [-0.15, -0.1) is 0 Å². The highest BCUT2D eigenvalue weighted by Gasteiger charge is 2.46. The molecule has 0 aliphatic heterocycles. The summed E-state index contributed by atoms with van der Waals surface area (Å²) in [4.78, 5) is 23.9. The molecule has 25 heavy (non-hydrogen) atoms. The molecule has 1 unspecified atom stereocenters. The smallest absolute Gasteiger partial charge is 0.338 e. The molecule has 1 aromatic rings. The van der Waals surface area contributed by atoms with E-state index in [4.69, 9.17) is 9.47 Å². The molecular formula is C18H21N3O4. The molecular weight excluding hydrogens is 322 g/mol. The van der Waals surface area contributed by atoms with E-state index in [9.17, 15) is 20.1 Å². The fourth-order valence-electron chi connectivity index (χ4n) is 2.43. The van der Waals surface area contributed by atoms with E-state index >= 15 is 0 Å². The van der Waals surface area contributed by atoms with Gasteiger partial charge in [0.15, 0.2) is 5.92 Å². The topological polar surface area (TPSA) is 112 Å². The van der Waals surface area contributed by atoms with Crippen molar-refractivity contribution in [2.75, 3.05) is 13.7 Å². The Bertz CT molecular complexity index is 674. The van der Waals surface area contributed by atoms with Gasteiger partial charge in [-0.3, -0.25) is 5.32 Å². The van der Waals surface area contributed by atoms with Crippen molar-refractivity contribution in [2.45, 2.75) is 32.4 Å². The van der Waals surface area contributed by atoms with Crippen molar-refractivity contribution < 1.29 is 19.1 Å². The van der Waals surface area contributed by atoms with Crippen molar-refractivity contribution in [1.82, 2.24) is 5.32 Å². The first-order chi connectivity index (χ1) is 12.0. The van der Waals surface area contributed by atoms with Crippen LogP contribution in [0.25, 0.3) is 0 Å². The van der Waals surface area contributed by atoms with Gasteiger partial charge in [0.05, 0.1) is 31.4 Å².